The first-order valence-corrected chi connectivity index (χ1v) is 11.3. The van der Waals surface area contributed by atoms with Gasteiger partial charge in [0.15, 0.2) is 0 Å². The van der Waals surface area contributed by atoms with Crippen molar-refractivity contribution >= 4 is 5.84 Å². The van der Waals surface area contributed by atoms with E-state index in [4.69, 9.17) is 0 Å². The van der Waals surface area contributed by atoms with Crippen LogP contribution in [-0.2, 0) is 0 Å². The fourth-order valence-electron chi connectivity index (χ4n) is 3.85. The van der Waals surface area contributed by atoms with E-state index in [1.54, 1.807) is 0 Å². The highest BCUT2D eigenvalue weighted by Crippen LogP contribution is 2.18. The fraction of sp³-hybridized carbons (Fsp3) is 0.955. The Morgan fingerprint density at radius 3 is 1.76 bits per heavy atom. The third kappa shape index (κ3) is 12.4. The summed E-state index contributed by atoms with van der Waals surface area (Å²) in [7, 11) is 0. The average Bonchev–Trinajstić information content (AvgIpc) is 3.15. The van der Waals surface area contributed by atoms with Crippen molar-refractivity contribution in [2.45, 2.75) is 110 Å². The summed E-state index contributed by atoms with van der Waals surface area (Å²) in [5.74, 6) is 1.62. The maximum atomic E-state index is 9.23. The largest absolute Gasteiger partial charge is 0.396 e. The molecular formula is C22H44N2O. The molecule has 0 radical (unpaired) electrons. The molecule has 0 fully saturated rings. The summed E-state index contributed by atoms with van der Waals surface area (Å²) in [6, 6.07) is 0. The highest BCUT2D eigenvalue weighted by atomic mass is 16.3. The highest BCUT2D eigenvalue weighted by Gasteiger charge is 2.17. The molecule has 0 bridgehead atoms. The Morgan fingerprint density at radius 2 is 1.32 bits per heavy atom. The summed E-state index contributed by atoms with van der Waals surface area (Å²) in [6.45, 7) is 4.46. The molecule has 0 aliphatic carbocycles. The van der Waals surface area contributed by atoms with Gasteiger partial charge in [-0.25, -0.2) is 0 Å². The molecule has 1 heterocycles. The van der Waals surface area contributed by atoms with Gasteiger partial charge in [-0.2, -0.15) is 0 Å². The van der Waals surface area contributed by atoms with Gasteiger partial charge in [-0.15, -0.1) is 0 Å². The predicted octanol–water partition coefficient (Wildman–Crippen LogP) is 5.86. The average molecular weight is 353 g/mol. The van der Waals surface area contributed by atoms with Gasteiger partial charge in [-0.3, -0.25) is 4.99 Å². The molecule has 0 aromatic carbocycles. The van der Waals surface area contributed by atoms with Crippen LogP contribution < -0.4 is 5.32 Å². The number of aliphatic hydroxyl groups is 1. The Bertz CT molecular complexity index is 317. The second-order valence-electron chi connectivity index (χ2n) is 7.79. The minimum atomic E-state index is 0.282. The topological polar surface area (TPSA) is 44.6 Å². The molecule has 0 amide bonds. The lowest BCUT2D eigenvalue weighted by atomic mass is 9.96. The first-order chi connectivity index (χ1) is 12.4. The van der Waals surface area contributed by atoms with Crippen LogP contribution in [-0.4, -0.2) is 30.6 Å². The van der Waals surface area contributed by atoms with Crippen molar-refractivity contribution in [1.82, 2.24) is 5.32 Å². The summed E-state index contributed by atoms with van der Waals surface area (Å²) in [6.07, 6.45) is 21.8. The van der Waals surface area contributed by atoms with Gasteiger partial charge >= 0.3 is 0 Å². The molecular weight excluding hydrogens is 308 g/mol. The maximum absolute atomic E-state index is 9.23. The third-order valence-electron chi connectivity index (χ3n) is 5.47. The van der Waals surface area contributed by atoms with Crippen molar-refractivity contribution in [1.29, 1.82) is 0 Å². The van der Waals surface area contributed by atoms with Crippen LogP contribution >= 0.6 is 0 Å². The van der Waals surface area contributed by atoms with Gasteiger partial charge in [0.25, 0.3) is 0 Å². The van der Waals surface area contributed by atoms with E-state index < -0.39 is 0 Å². The molecule has 148 valence electrons. The zero-order valence-electron chi connectivity index (χ0n) is 16.9. The highest BCUT2D eigenvalue weighted by molar-refractivity contribution is 5.85. The van der Waals surface area contributed by atoms with Crippen LogP contribution in [0.2, 0.25) is 0 Å². The monoisotopic (exact) mass is 352 g/mol. The van der Waals surface area contributed by atoms with Crippen molar-refractivity contribution < 1.29 is 5.11 Å². The van der Waals surface area contributed by atoms with E-state index in [0.29, 0.717) is 5.92 Å². The Morgan fingerprint density at radius 1 is 0.800 bits per heavy atom. The van der Waals surface area contributed by atoms with Gasteiger partial charge < -0.3 is 10.4 Å². The molecule has 1 atom stereocenters. The Hall–Kier alpha value is -0.570. The van der Waals surface area contributed by atoms with Crippen LogP contribution in [0.5, 0.6) is 0 Å². The van der Waals surface area contributed by atoms with Crippen LogP contribution in [0.3, 0.4) is 0 Å². The van der Waals surface area contributed by atoms with Gasteiger partial charge in [0.05, 0.1) is 12.4 Å². The molecule has 0 aromatic heterocycles. The molecule has 3 heteroatoms. The first kappa shape index (κ1) is 22.5. The Balaban J connectivity index is 1.83. The second-order valence-corrected chi connectivity index (χ2v) is 7.79. The molecule has 0 saturated heterocycles. The van der Waals surface area contributed by atoms with Gasteiger partial charge in [0.2, 0.25) is 0 Å². The SMILES string of the molecule is CCCCCCCCCCCCCCCCC(CCO)C1=NCCN1. The van der Waals surface area contributed by atoms with E-state index in [-0.39, 0.29) is 6.61 Å². The number of hydrogen-bond donors (Lipinski definition) is 2. The minimum absolute atomic E-state index is 0.282. The lowest BCUT2D eigenvalue weighted by molar-refractivity contribution is 0.268. The number of aliphatic hydroxyl groups excluding tert-OH is 1. The summed E-state index contributed by atoms with van der Waals surface area (Å²) in [5.41, 5.74) is 0. The molecule has 1 rings (SSSR count). The molecule has 1 aliphatic rings. The van der Waals surface area contributed by atoms with Crippen LogP contribution in [0.4, 0.5) is 0 Å². The van der Waals surface area contributed by atoms with Crippen LogP contribution in [0.1, 0.15) is 110 Å². The van der Waals surface area contributed by atoms with Crippen molar-refractivity contribution in [2.24, 2.45) is 10.9 Å². The van der Waals surface area contributed by atoms with Crippen molar-refractivity contribution in [3.63, 3.8) is 0 Å². The lowest BCUT2D eigenvalue weighted by Gasteiger charge is -2.16. The lowest BCUT2D eigenvalue weighted by Crippen LogP contribution is -2.27. The number of rotatable bonds is 18. The van der Waals surface area contributed by atoms with Gasteiger partial charge in [0, 0.05) is 19.1 Å². The van der Waals surface area contributed by atoms with E-state index in [0.717, 1.165) is 25.3 Å². The molecule has 1 aliphatic heterocycles. The summed E-state index contributed by atoms with van der Waals surface area (Å²) < 4.78 is 0. The zero-order valence-corrected chi connectivity index (χ0v) is 16.9. The van der Waals surface area contributed by atoms with E-state index in [2.05, 4.69) is 17.2 Å². The van der Waals surface area contributed by atoms with Gasteiger partial charge in [-0.05, 0) is 12.8 Å². The van der Waals surface area contributed by atoms with Crippen LogP contribution in [0.25, 0.3) is 0 Å². The normalized spacial score (nSPS) is 15.2. The van der Waals surface area contributed by atoms with E-state index in [1.165, 1.54) is 96.3 Å². The number of nitrogens with zero attached hydrogens (tertiary/aromatic N) is 1. The molecule has 3 nitrogen and oxygen atoms in total. The Kier molecular flexibility index (Phi) is 15.2. The molecule has 0 spiro atoms. The summed E-state index contributed by atoms with van der Waals surface area (Å²) in [5, 5.41) is 12.6. The van der Waals surface area contributed by atoms with E-state index in [1.807, 2.05) is 0 Å². The van der Waals surface area contributed by atoms with Gasteiger partial charge in [-0.1, -0.05) is 96.8 Å². The standard InChI is InChI=1S/C22H44N2O/c1-2-3-4-5-6-7-8-9-10-11-12-13-14-15-16-21(17-20-25)22-23-18-19-24-22/h21,25H,2-20H2,1H3,(H,23,24). The van der Waals surface area contributed by atoms with E-state index in [9.17, 15) is 5.11 Å². The summed E-state index contributed by atoms with van der Waals surface area (Å²) in [4.78, 5) is 4.53. The Labute approximate surface area is 157 Å². The smallest absolute Gasteiger partial charge is 0.0996 e. The molecule has 0 aromatic rings. The van der Waals surface area contributed by atoms with Crippen LogP contribution in [0, 0.1) is 5.92 Å². The van der Waals surface area contributed by atoms with Crippen molar-refractivity contribution in [3.05, 3.63) is 0 Å². The third-order valence-corrected chi connectivity index (χ3v) is 5.47. The number of aliphatic imine (C=N–C) groups is 1. The van der Waals surface area contributed by atoms with Crippen molar-refractivity contribution in [2.75, 3.05) is 19.7 Å². The quantitative estimate of drug-likeness (QED) is 0.304. The second kappa shape index (κ2) is 16.9. The fourth-order valence-corrected chi connectivity index (χ4v) is 3.85. The molecule has 1 unspecified atom stereocenters. The number of hydrogen-bond acceptors (Lipinski definition) is 3. The maximum Gasteiger partial charge on any atom is 0.0996 e. The first-order valence-electron chi connectivity index (χ1n) is 11.3. The predicted molar refractivity (Wildman–Crippen MR) is 110 cm³/mol. The zero-order chi connectivity index (χ0) is 18.0. The molecule has 2 N–H and O–H groups in total. The van der Waals surface area contributed by atoms with E-state index >= 15 is 0 Å². The van der Waals surface area contributed by atoms with Crippen LogP contribution in [0.15, 0.2) is 4.99 Å². The number of unbranched alkanes of at least 4 members (excludes halogenated alkanes) is 13. The molecule has 0 saturated carbocycles. The number of nitrogens with one attached hydrogen (secondary N) is 1. The summed E-state index contributed by atoms with van der Waals surface area (Å²) >= 11 is 0. The van der Waals surface area contributed by atoms with Gasteiger partial charge in [0.1, 0.15) is 0 Å². The number of amidine groups is 1. The van der Waals surface area contributed by atoms with Crippen molar-refractivity contribution in [3.8, 4) is 0 Å². The minimum Gasteiger partial charge on any atom is -0.396 e. The molecule has 25 heavy (non-hydrogen) atoms.